The number of ether oxygens (including phenoxy) is 1. The third-order valence-corrected chi connectivity index (χ3v) is 4.16. The van der Waals surface area contributed by atoms with E-state index in [-0.39, 0.29) is 12.1 Å². The zero-order valence-corrected chi connectivity index (χ0v) is 15.6. The molecule has 1 aromatic heterocycles. The molecule has 0 bridgehead atoms. The van der Waals surface area contributed by atoms with E-state index in [1.807, 2.05) is 45.9 Å². The summed E-state index contributed by atoms with van der Waals surface area (Å²) >= 11 is 0. The molecule has 0 radical (unpaired) electrons. The third-order valence-electron chi connectivity index (χ3n) is 4.16. The Balaban J connectivity index is 1.89. The minimum absolute atomic E-state index is 0.188. The number of fused-ring (bicyclic) bond motifs is 1. The van der Waals surface area contributed by atoms with Gasteiger partial charge in [0.1, 0.15) is 11.9 Å². The van der Waals surface area contributed by atoms with E-state index in [1.54, 1.807) is 22.2 Å². The van der Waals surface area contributed by atoms with E-state index in [1.165, 1.54) is 10.9 Å². The lowest BCUT2D eigenvalue weighted by molar-refractivity contribution is 0.0584. The Labute approximate surface area is 153 Å². The average Bonchev–Trinajstić information content (AvgIpc) is 3.23. The predicted molar refractivity (Wildman–Crippen MR) is 99.8 cm³/mol. The van der Waals surface area contributed by atoms with Crippen molar-refractivity contribution < 1.29 is 14.3 Å². The van der Waals surface area contributed by atoms with Crippen LogP contribution in [-0.2, 0) is 11.2 Å². The van der Waals surface area contributed by atoms with Crippen molar-refractivity contribution in [3.05, 3.63) is 42.5 Å². The summed E-state index contributed by atoms with van der Waals surface area (Å²) in [5.41, 5.74) is 2.06. The van der Waals surface area contributed by atoms with Gasteiger partial charge in [0.05, 0.1) is 5.69 Å². The van der Waals surface area contributed by atoms with Crippen LogP contribution >= 0.6 is 0 Å². The molecule has 0 unspecified atom stereocenters. The Bertz CT molecular complexity index is 809. The second-order valence-corrected chi connectivity index (χ2v) is 7.19. The van der Waals surface area contributed by atoms with E-state index in [0.29, 0.717) is 13.1 Å². The van der Waals surface area contributed by atoms with Gasteiger partial charge >= 0.3 is 12.1 Å². The average molecular weight is 356 g/mol. The van der Waals surface area contributed by atoms with Gasteiger partial charge in [-0.3, -0.25) is 14.4 Å². The summed E-state index contributed by atoms with van der Waals surface area (Å²) in [7, 11) is 0. The smallest absolute Gasteiger partial charge is 0.414 e. The molecule has 0 saturated carbocycles. The SMILES string of the molecule is CCN(C(=O)n1ccnc1)c1ccc2c(c1)N(C(=O)OC(C)(C)C)CC2. The number of anilines is 2. The molecule has 0 fully saturated rings. The van der Waals surface area contributed by atoms with Crippen molar-refractivity contribution in [1.82, 2.24) is 9.55 Å². The first kappa shape index (κ1) is 18.0. The Hall–Kier alpha value is -2.83. The molecule has 0 N–H and O–H groups in total. The number of nitrogens with zero attached hydrogens (tertiary/aromatic N) is 4. The van der Waals surface area contributed by atoms with Crippen LogP contribution in [0.5, 0.6) is 0 Å². The van der Waals surface area contributed by atoms with Gasteiger partial charge in [-0.2, -0.15) is 0 Å². The van der Waals surface area contributed by atoms with Gasteiger partial charge in [0, 0.05) is 31.2 Å². The number of imidazole rings is 1. The molecule has 2 amide bonds. The number of hydrogen-bond acceptors (Lipinski definition) is 4. The van der Waals surface area contributed by atoms with E-state index < -0.39 is 5.60 Å². The minimum atomic E-state index is -0.551. The van der Waals surface area contributed by atoms with Gasteiger partial charge in [-0.05, 0) is 51.8 Å². The summed E-state index contributed by atoms with van der Waals surface area (Å²) in [6, 6.07) is 5.57. The van der Waals surface area contributed by atoms with Gasteiger partial charge in [0.25, 0.3) is 0 Å². The normalized spacial score (nSPS) is 13.5. The van der Waals surface area contributed by atoms with Crippen LogP contribution in [0, 0.1) is 0 Å². The van der Waals surface area contributed by atoms with Crippen molar-refractivity contribution >= 4 is 23.5 Å². The second kappa shape index (κ2) is 6.82. The minimum Gasteiger partial charge on any atom is -0.443 e. The lowest BCUT2D eigenvalue weighted by Gasteiger charge is -2.26. The molecule has 3 rings (SSSR count). The first-order valence-electron chi connectivity index (χ1n) is 8.73. The first-order valence-corrected chi connectivity index (χ1v) is 8.73. The fourth-order valence-corrected chi connectivity index (χ4v) is 2.98. The van der Waals surface area contributed by atoms with Crippen molar-refractivity contribution in [3.63, 3.8) is 0 Å². The van der Waals surface area contributed by atoms with Crippen LogP contribution in [0.15, 0.2) is 36.9 Å². The molecule has 7 heteroatoms. The Morgan fingerprint density at radius 2 is 2.08 bits per heavy atom. The topological polar surface area (TPSA) is 67.7 Å². The molecule has 0 saturated heterocycles. The van der Waals surface area contributed by atoms with Gasteiger partial charge in [0.15, 0.2) is 0 Å². The van der Waals surface area contributed by atoms with Gasteiger partial charge in [-0.15, -0.1) is 0 Å². The molecule has 26 heavy (non-hydrogen) atoms. The number of carbonyl (C=O) groups excluding carboxylic acids is 2. The van der Waals surface area contributed by atoms with Crippen LogP contribution in [0.2, 0.25) is 0 Å². The lowest BCUT2D eigenvalue weighted by atomic mass is 10.1. The maximum atomic E-state index is 12.7. The van der Waals surface area contributed by atoms with Crippen LogP contribution in [0.25, 0.3) is 0 Å². The Morgan fingerprint density at radius 1 is 1.31 bits per heavy atom. The van der Waals surface area contributed by atoms with E-state index >= 15 is 0 Å². The molecule has 0 atom stereocenters. The number of carbonyl (C=O) groups is 2. The molecule has 0 spiro atoms. The predicted octanol–water partition coefficient (Wildman–Crippen LogP) is 3.68. The van der Waals surface area contributed by atoms with Crippen molar-refractivity contribution in [2.24, 2.45) is 0 Å². The largest absolute Gasteiger partial charge is 0.443 e. The number of benzene rings is 1. The Kier molecular flexibility index (Phi) is 4.71. The van der Waals surface area contributed by atoms with Gasteiger partial charge in [0.2, 0.25) is 0 Å². The van der Waals surface area contributed by atoms with Crippen molar-refractivity contribution in [3.8, 4) is 0 Å². The molecule has 1 aromatic carbocycles. The van der Waals surface area contributed by atoms with Crippen LogP contribution in [-0.4, -0.2) is 40.4 Å². The fraction of sp³-hybridized carbons (Fsp3) is 0.421. The standard InChI is InChI=1S/C19H24N4O3/c1-5-22(17(24)21-11-9-20-13-21)15-7-6-14-8-10-23(16(14)12-15)18(25)26-19(2,3)4/h6-7,9,11-13H,5,8,10H2,1-4H3. The molecule has 1 aliphatic rings. The number of amides is 2. The van der Waals surface area contributed by atoms with Gasteiger partial charge in [-0.1, -0.05) is 6.07 Å². The number of aromatic nitrogens is 2. The molecule has 2 aromatic rings. The summed E-state index contributed by atoms with van der Waals surface area (Å²) < 4.78 is 6.94. The van der Waals surface area contributed by atoms with E-state index in [0.717, 1.165) is 23.4 Å². The maximum absolute atomic E-state index is 12.7. The molecular formula is C19H24N4O3. The van der Waals surface area contributed by atoms with E-state index in [2.05, 4.69) is 4.98 Å². The highest BCUT2D eigenvalue weighted by Gasteiger charge is 2.30. The van der Waals surface area contributed by atoms with Gasteiger partial charge in [-0.25, -0.2) is 14.6 Å². The summed E-state index contributed by atoms with van der Waals surface area (Å²) in [6.07, 6.45) is 5.07. The van der Waals surface area contributed by atoms with E-state index in [9.17, 15) is 9.59 Å². The first-order chi connectivity index (χ1) is 12.3. The summed E-state index contributed by atoms with van der Waals surface area (Å²) in [6.45, 7) is 8.54. The quantitative estimate of drug-likeness (QED) is 0.823. The molecule has 2 heterocycles. The molecule has 7 nitrogen and oxygen atoms in total. The third kappa shape index (κ3) is 3.56. The zero-order chi connectivity index (χ0) is 18.9. The lowest BCUT2D eigenvalue weighted by Crippen LogP contribution is -2.36. The Morgan fingerprint density at radius 3 is 2.69 bits per heavy atom. The second-order valence-electron chi connectivity index (χ2n) is 7.19. The maximum Gasteiger partial charge on any atom is 0.414 e. The van der Waals surface area contributed by atoms with Crippen molar-refractivity contribution in [2.45, 2.75) is 39.7 Å². The number of rotatable bonds is 2. The fourth-order valence-electron chi connectivity index (χ4n) is 2.98. The summed E-state index contributed by atoms with van der Waals surface area (Å²) in [5, 5.41) is 0. The number of hydrogen-bond donors (Lipinski definition) is 0. The van der Waals surface area contributed by atoms with Crippen LogP contribution < -0.4 is 9.80 Å². The highest BCUT2D eigenvalue weighted by molar-refractivity contribution is 5.96. The van der Waals surface area contributed by atoms with Crippen LogP contribution in [0.3, 0.4) is 0 Å². The van der Waals surface area contributed by atoms with Crippen LogP contribution in [0.4, 0.5) is 21.0 Å². The van der Waals surface area contributed by atoms with Crippen LogP contribution in [0.1, 0.15) is 33.3 Å². The molecule has 1 aliphatic heterocycles. The summed E-state index contributed by atoms with van der Waals surface area (Å²) in [5.74, 6) is 0. The van der Waals surface area contributed by atoms with Crippen molar-refractivity contribution in [1.29, 1.82) is 0 Å². The highest BCUT2D eigenvalue weighted by atomic mass is 16.6. The zero-order valence-electron chi connectivity index (χ0n) is 15.6. The highest BCUT2D eigenvalue weighted by Crippen LogP contribution is 2.33. The summed E-state index contributed by atoms with van der Waals surface area (Å²) in [4.78, 5) is 32.4. The molecule has 0 aliphatic carbocycles. The monoisotopic (exact) mass is 356 g/mol. The van der Waals surface area contributed by atoms with E-state index in [4.69, 9.17) is 4.74 Å². The van der Waals surface area contributed by atoms with Gasteiger partial charge < -0.3 is 4.74 Å². The molecular weight excluding hydrogens is 332 g/mol. The van der Waals surface area contributed by atoms with Crippen molar-refractivity contribution in [2.75, 3.05) is 22.9 Å². The molecule has 138 valence electrons.